The van der Waals surface area contributed by atoms with Crippen molar-refractivity contribution in [2.24, 2.45) is 5.73 Å². The smallest absolute Gasteiger partial charge is 0.326 e. The maximum Gasteiger partial charge on any atom is 0.326 e. The number of carbonyl (C=O) groups is 2. The third-order valence-electron chi connectivity index (χ3n) is 2.19. The second-order valence-corrected chi connectivity index (χ2v) is 3.69. The number of nitrogens with zero attached hydrogens (tertiary/aromatic N) is 2. The SMILES string of the molecule is NCC(=O)NC(Cc1c[nH]cn1)C(=O)O.c1c[nH]cn1. The van der Waals surface area contributed by atoms with Crippen LogP contribution in [0.25, 0.3) is 0 Å². The highest BCUT2D eigenvalue weighted by Gasteiger charge is 2.20. The normalized spacial score (nSPS) is 11.1. The van der Waals surface area contributed by atoms with Gasteiger partial charge < -0.3 is 26.1 Å². The van der Waals surface area contributed by atoms with E-state index in [0.717, 1.165) is 0 Å². The number of rotatable bonds is 5. The van der Waals surface area contributed by atoms with Crippen LogP contribution < -0.4 is 11.1 Å². The Hall–Kier alpha value is -2.68. The van der Waals surface area contributed by atoms with Crippen LogP contribution in [0.3, 0.4) is 0 Å². The minimum atomic E-state index is -1.11. The van der Waals surface area contributed by atoms with Crippen molar-refractivity contribution < 1.29 is 14.7 Å². The minimum Gasteiger partial charge on any atom is -0.480 e. The van der Waals surface area contributed by atoms with Gasteiger partial charge in [0.25, 0.3) is 0 Å². The summed E-state index contributed by atoms with van der Waals surface area (Å²) < 4.78 is 0. The van der Waals surface area contributed by atoms with E-state index in [1.807, 2.05) is 0 Å². The van der Waals surface area contributed by atoms with Gasteiger partial charge in [0.05, 0.1) is 24.9 Å². The predicted molar refractivity (Wildman–Crippen MR) is 69.5 cm³/mol. The van der Waals surface area contributed by atoms with Crippen molar-refractivity contribution in [2.75, 3.05) is 6.54 Å². The van der Waals surface area contributed by atoms with Gasteiger partial charge in [-0.1, -0.05) is 0 Å². The molecule has 9 nitrogen and oxygen atoms in total. The van der Waals surface area contributed by atoms with Crippen LogP contribution in [-0.4, -0.2) is 49.5 Å². The molecule has 9 heteroatoms. The first-order chi connectivity index (χ1) is 9.63. The molecule has 2 heterocycles. The highest BCUT2D eigenvalue weighted by molar-refractivity contribution is 5.84. The number of imidazole rings is 2. The zero-order valence-corrected chi connectivity index (χ0v) is 10.6. The summed E-state index contributed by atoms with van der Waals surface area (Å²) in [7, 11) is 0. The van der Waals surface area contributed by atoms with Crippen molar-refractivity contribution in [3.05, 3.63) is 36.9 Å². The highest BCUT2D eigenvalue weighted by atomic mass is 16.4. The molecule has 2 aromatic heterocycles. The van der Waals surface area contributed by atoms with Crippen LogP contribution in [0.5, 0.6) is 0 Å². The van der Waals surface area contributed by atoms with Crippen molar-refractivity contribution in [1.29, 1.82) is 0 Å². The lowest BCUT2D eigenvalue weighted by atomic mass is 10.1. The molecule has 0 aromatic carbocycles. The fourth-order valence-corrected chi connectivity index (χ4v) is 1.28. The van der Waals surface area contributed by atoms with E-state index in [2.05, 4.69) is 25.3 Å². The Balaban J connectivity index is 0.000000333. The third kappa shape index (κ3) is 5.78. The minimum absolute atomic E-state index is 0.130. The molecular formula is C11H16N6O3. The quantitative estimate of drug-likeness (QED) is 0.468. The molecule has 0 fully saturated rings. The van der Waals surface area contributed by atoms with Crippen LogP contribution in [0.1, 0.15) is 5.69 Å². The Morgan fingerprint density at radius 3 is 2.60 bits per heavy atom. The van der Waals surface area contributed by atoms with Crippen LogP contribution in [0.15, 0.2) is 31.2 Å². The summed E-state index contributed by atoms with van der Waals surface area (Å²) in [5, 5.41) is 11.1. The molecule has 0 bridgehead atoms. The highest BCUT2D eigenvalue weighted by Crippen LogP contribution is 1.98. The Morgan fingerprint density at radius 2 is 2.20 bits per heavy atom. The summed E-state index contributed by atoms with van der Waals surface area (Å²) in [5.74, 6) is -1.61. The summed E-state index contributed by atoms with van der Waals surface area (Å²) in [6, 6.07) is -0.996. The molecule has 0 aliphatic carbocycles. The Labute approximate surface area is 114 Å². The van der Waals surface area contributed by atoms with E-state index >= 15 is 0 Å². The monoisotopic (exact) mass is 280 g/mol. The molecule has 0 spiro atoms. The van der Waals surface area contributed by atoms with Crippen LogP contribution in [0, 0.1) is 0 Å². The molecule has 0 aliphatic rings. The number of carboxylic acid groups (broad SMARTS) is 1. The second kappa shape index (κ2) is 8.43. The van der Waals surface area contributed by atoms with Gasteiger partial charge >= 0.3 is 5.97 Å². The fourth-order valence-electron chi connectivity index (χ4n) is 1.28. The number of amides is 1. The molecule has 1 unspecified atom stereocenters. The largest absolute Gasteiger partial charge is 0.480 e. The third-order valence-corrected chi connectivity index (χ3v) is 2.19. The Morgan fingerprint density at radius 1 is 1.40 bits per heavy atom. The summed E-state index contributed by atoms with van der Waals surface area (Å²) in [4.78, 5) is 34.7. The van der Waals surface area contributed by atoms with Gasteiger partial charge in [0.2, 0.25) is 5.91 Å². The van der Waals surface area contributed by atoms with Gasteiger partial charge in [0.1, 0.15) is 6.04 Å². The molecule has 0 saturated carbocycles. The van der Waals surface area contributed by atoms with Gasteiger partial charge in [-0.15, -0.1) is 0 Å². The van der Waals surface area contributed by atoms with E-state index < -0.39 is 17.9 Å². The number of H-pyrrole nitrogens is 2. The van der Waals surface area contributed by atoms with E-state index in [0.29, 0.717) is 5.69 Å². The number of aromatic nitrogens is 4. The first-order valence-corrected chi connectivity index (χ1v) is 5.76. The fraction of sp³-hybridized carbons (Fsp3) is 0.273. The van der Waals surface area contributed by atoms with Gasteiger partial charge in [-0.3, -0.25) is 4.79 Å². The van der Waals surface area contributed by atoms with Gasteiger partial charge in [-0.25, -0.2) is 14.8 Å². The molecule has 0 aliphatic heterocycles. The van der Waals surface area contributed by atoms with Crippen molar-refractivity contribution in [3.63, 3.8) is 0 Å². The zero-order valence-electron chi connectivity index (χ0n) is 10.6. The maximum absolute atomic E-state index is 10.9. The molecule has 1 amide bonds. The summed E-state index contributed by atoms with van der Waals surface area (Å²) in [6.07, 6.45) is 8.23. The standard InChI is InChI=1S/C8H12N4O3.C3H4N2/c9-2-7(13)12-6(8(14)15)1-5-3-10-4-11-5;1-2-5-3-4-1/h3-4,6H,1-2,9H2,(H,10,11)(H,12,13)(H,14,15);1-3H,(H,4,5). The number of aliphatic carboxylic acids is 1. The predicted octanol–water partition coefficient (Wildman–Crippen LogP) is -1.11. The number of nitrogens with one attached hydrogen (secondary N) is 3. The average Bonchev–Trinajstić information content (AvgIpc) is 3.13. The van der Waals surface area contributed by atoms with E-state index in [1.165, 1.54) is 6.33 Å². The molecule has 2 aromatic rings. The molecule has 20 heavy (non-hydrogen) atoms. The Kier molecular flexibility index (Phi) is 6.48. The van der Waals surface area contributed by atoms with Crippen LogP contribution in [0.2, 0.25) is 0 Å². The van der Waals surface area contributed by atoms with Crippen LogP contribution in [0.4, 0.5) is 0 Å². The second-order valence-electron chi connectivity index (χ2n) is 3.69. The maximum atomic E-state index is 10.9. The first-order valence-electron chi connectivity index (χ1n) is 5.76. The van der Waals surface area contributed by atoms with Crippen molar-refractivity contribution in [1.82, 2.24) is 25.3 Å². The molecule has 6 N–H and O–H groups in total. The first kappa shape index (κ1) is 15.4. The molecule has 2 rings (SSSR count). The molecule has 1 atom stereocenters. The van der Waals surface area contributed by atoms with E-state index in [1.54, 1.807) is 24.9 Å². The number of carbonyl (C=O) groups excluding carboxylic acids is 1. The van der Waals surface area contributed by atoms with Gasteiger partial charge in [-0.05, 0) is 0 Å². The van der Waals surface area contributed by atoms with Crippen LogP contribution >= 0.6 is 0 Å². The Bertz CT molecular complexity index is 479. The lowest BCUT2D eigenvalue weighted by Gasteiger charge is -2.12. The molecular weight excluding hydrogens is 264 g/mol. The average molecular weight is 280 g/mol. The van der Waals surface area contributed by atoms with Crippen molar-refractivity contribution in [3.8, 4) is 0 Å². The number of aromatic amines is 2. The lowest BCUT2D eigenvalue weighted by Crippen LogP contribution is -2.44. The van der Waals surface area contributed by atoms with Crippen LogP contribution in [-0.2, 0) is 16.0 Å². The number of nitrogens with two attached hydrogens (primary N) is 1. The van der Waals surface area contributed by atoms with Gasteiger partial charge in [0.15, 0.2) is 0 Å². The summed E-state index contributed by atoms with van der Waals surface area (Å²) in [5.41, 5.74) is 5.64. The van der Waals surface area contributed by atoms with Crippen molar-refractivity contribution >= 4 is 11.9 Å². The number of carboxylic acids is 1. The molecule has 0 radical (unpaired) electrons. The van der Waals surface area contributed by atoms with Gasteiger partial charge in [0, 0.05) is 25.0 Å². The number of hydrogen-bond donors (Lipinski definition) is 5. The summed E-state index contributed by atoms with van der Waals surface area (Å²) in [6.45, 7) is -0.232. The summed E-state index contributed by atoms with van der Waals surface area (Å²) >= 11 is 0. The topological polar surface area (TPSA) is 150 Å². The van der Waals surface area contributed by atoms with E-state index in [4.69, 9.17) is 10.8 Å². The molecule has 0 saturated heterocycles. The number of hydrogen-bond acceptors (Lipinski definition) is 5. The van der Waals surface area contributed by atoms with E-state index in [9.17, 15) is 9.59 Å². The van der Waals surface area contributed by atoms with E-state index in [-0.39, 0.29) is 13.0 Å². The molecule has 108 valence electrons. The lowest BCUT2D eigenvalue weighted by molar-refractivity contribution is -0.141. The zero-order chi connectivity index (χ0) is 14.8. The van der Waals surface area contributed by atoms with Crippen molar-refractivity contribution in [2.45, 2.75) is 12.5 Å². The van der Waals surface area contributed by atoms with Gasteiger partial charge in [-0.2, -0.15) is 0 Å².